The average molecular weight is 494 g/mol. The van der Waals surface area contributed by atoms with Gasteiger partial charge in [0.2, 0.25) is 0 Å². The molecule has 5 fully saturated rings. The van der Waals surface area contributed by atoms with Gasteiger partial charge >= 0.3 is 0 Å². The van der Waals surface area contributed by atoms with Crippen LogP contribution >= 0.6 is 15.9 Å². The summed E-state index contributed by atoms with van der Waals surface area (Å²) in [4.78, 5) is 0. The number of halogens is 1. The van der Waals surface area contributed by atoms with Crippen LogP contribution in [0.5, 0.6) is 0 Å². The van der Waals surface area contributed by atoms with E-state index in [9.17, 15) is 5.11 Å². The smallest absolute Gasteiger partial charge is 0.0638 e. The highest BCUT2D eigenvalue weighted by atomic mass is 79.9. The van der Waals surface area contributed by atoms with E-state index < -0.39 is 0 Å². The Hall–Kier alpha value is 0.140. The van der Waals surface area contributed by atoms with Crippen LogP contribution in [0.4, 0.5) is 0 Å². The van der Waals surface area contributed by atoms with E-state index in [0.717, 1.165) is 30.1 Å². The van der Waals surface area contributed by atoms with Crippen molar-refractivity contribution >= 4 is 15.9 Å². The Morgan fingerprint density at radius 2 is 1.90 bits per heavy atom. The van der Waals surface area contributed by atoms with E-state index in [0.29, 0.717) is 46.7 Å². The van der Waals surface area contributed by atoms with Gasteiger partial charge in [-0.1, -0.05) is 49.7 Å². The van der Waals surface area contributed by atoms with Gasteiger partial charge in [-0.05, 0) is 115 Å². The van der Waals surface area contributed by atoms with Crippen LogP contribution in [0.25, 0.3) is 0 Å². The molecule has 0 aromatic heterocycles. The third-order valence-corrected chi connectivity index (χ3v) is 13.1. The zero-order valence-corrected chi connectivity index (χ0v) is 22.1. The summed E-state index contributed by atoms with van der Waals surface area (Å²) in [5, 5.41) is 10.4. The molecular weight excluding hydrogens is 448 g/mol. The predicted molar refractivity (Wildman–Crippen MR) is 131 cm³/mol. The van der Waals surface area contributed by atoms with E-state index in [1.165, 1.54) is 55.8 Å². The number of fused-ring (bicyclic) bond motifs is 4. The molecule has 0 aromatic rings. The Morgan fingerprint density at radius 3 is 2.55 bits per heavy atom. The first-order valence-corrected chi connectivity index (χ1v) is 14.0. The normalized spacial score (nSPS) is 51.8. The van der Waals surface area contributed by atoms with Crippen molar-refractivity contribution in [3.8, 4) is 0 Å². The summed E-state index contributed by atoms with van der Waals surface area (Å²) < 4.78 is 7.57. The Morgan fingerprint density at radius 1 is 1.13 bits per heavy atom. The first-order chi connectivity index (χ1) is 14.7. The molecule has 0 aliphatic heterocycles. The molecule has 5 aliphatic carbocycles. The van der Waals surface area contributed by atoms with Gasteiger partial charge in [0.15, 0.2) is 0 Å². The number of hydrogen-bond acceptors (Lipinski definition) is 2. The molecule has 0 unspecified atom stereocenters. The van der Waals surface area contributed by atoms with E-state index in [1.807, 2.05) is 7.11 Å². The van der Waals surface area contributed by atoms with Crippen molar-refractivity contribution in [2.75, 3.05) is 13.7 Å². The van der Waals surface area contributed by atoms with Gasteiger partial charge in [0.1, 0.15) is 0 Å². The van der Waals surface area contributed by atoms with Gasteiger partial charge in [-0.25, -0.2) is 0 Å². The van der Waals surface area contributed by atoms with Crippen LogP contribution in [0.1, 0.15) is 85.5 Å². The molecule has 1 N–H and O–H groups in total. The van der Waals surface area contributed by atoms with Crippen LogP contribution in [-0.2, 0) is 4.74 Å². The maximum absolute atomic E-state index is 10.4. The molecule has 0 amide bonds. The van der Waals surface area contributed by atoms with Crippen LogP contribution in [0.15, 0.2) is 10.6 Å². The molecule has 1 spiro atoms. The monoisotopic (exact) mass is 492 g/mol. The van der Waals surface area contributed by atoms with E-state index >= 15 is 0 Å². The average Bonchev–Trinajstić information content (AvgIpc) is 3.26. The Kier molecular flexibility index (Phi) is 5.79. The largest absolute Gasteiger partial charge is 0.396 e. The Bertz CT molecular complexity index is 733. The van der Waals surface area contributed by atoms with Crippen molar-refractivity contribution in [2.24, 2.45) is 57.7 Å². The molecule has 5 saturated carbocycles. The van der Waals surface area contributed by atoms with Crippen LogP contribution in [0, 0.1) is 57.7 Å². The third-order valence-electron chi connectivity index (χ3n) is 11.9. The SMILES string of the molecule is CO[C@@H]1C[C@H]2[C@@H]3CC[C@H]([C@H](CO)C/C=C(\Br)C(C)C)[C@@]3(C)CC[C@@H]2[C@@]2(C)CC[C@@H]3C[C@]312. The van der Waals surface area contributed by atoms with Crippen molar-refractivity contribution in [1.82, 2.24) is 0 Å². The van der Waals surface area contributed by atoms with Crippen molar-refractivity contribution in [3.63, 3.8) is 0 Å². The zero-order chi connectivity index (χ0) is 22.2. The van der Waals surface area contributed by atoms with E-state index in [2.05, 4.69) is 49.7 Å². The predicted octanol–water partition coefficient (Wildman–Crippen LogP) is 7.20. The highest BCUT2D eigenvalue weighted by Gasteiger charge is 2.77. The van der Waals surface area contributed by atoms with Crippen LogP contribution in [-0.4, -0.2) is 24.9 Å². The fourth-order valence-corrected chi connectivity index (χ4v) is 10.4. The second-order valence-electron chi connectivity index (χ2n) is 12.9. The van der Waals surface area contributed by atoms with Gasteiger partial charge in [-0.3, -0.25) is 0 Å². The van der Waals surface area contributed by atoms with Crippen LogP contribution < -0.4 is 0 Å². The summed E-state index contributed by atoms with van der Waals surface area (Å²) in [5.74, 6) is 5.12. The highest BCUT2D eigenvalue weighted by Crippen LogP contribution is 2.82. The number of rotatable bonds is 6. The maximum Gasteiger partial charge on any atom is 0.0638 e. The first-order valence-electron chi connectivity index (χ1n) is 13.2. The molecule has 176 valence electrons. The number of methoxy groups -OCH3 is 1. The molecular formula is C28H45BrO2. The van der Waals surface area contributed by atoms with Crippen LogP contribution in [0.3, 0.4) is 0 Å². The molecule has 0 bridgehead atoms. The number of aliphatic hydroxyl groups excluding tert-OH is 1. The lowest BCUT2D eigenvalue weighted by molar-refractivity contribution is -0.161. The second-order valence-corrected chi connectivity index (χ2v) is 13.8. The van der Waals surface area contributed by atoms with Crippen molar-refractivity contribution in [2.45, 2.75) is 91.6 Å². The third kappa shape index (κ3) is 3.07. The summed E-state index contributed by atoms with van der Waals surface area (Å²) in [5.41, 5.74) is 1.44. The molecule has 5 aliphatic rings. The van der Waals surface area contributed by atoms with E-state index in [1.54, 1.807) is 0 Å². The maximum atomic E-state index is 10.4. The molecule has 0 saturated heterocycles. The molecule has 0 heterocycles. The zero-order valence-electron chi connectivity index (χ0n) is 20.5. The lowest BCUT2D eigenvalue weighted by atomic mass is 9.45. The van der Waals surface area contributed by atoms with E-state index in [-0.39, 0.29) is 0 Å². The Labute approximate surface area is 199 Å². The molecule has 0 aromatic carbocycles. The van der Waals surface area contributed by atoms with Gasteiger partial charge < -0.3 is 9.84 Å². The molecule has 5 rings (SSSR count). The second kappa shape index (κ2) is 7.84. The minimum atomic E-state index is 0.332. The number of aliphatic hydroxyl groups is 1. The topological polar surface area (TPSA) is 29.5 Å². The molecule has 31 heavy (non-hydrogen) atoms. The van der Waals surface area contributed by atoms with Gasteiger partial charge in [0, 0.05) is 19.1 Å². The standard InChI is InChI=1S/C28H45BrO2/c1-17(2)24(29)9-6-18(16-30)21-7-8-22-20-14-25(31-5)28-15-19(28)10-13-27(28,4)23(20)11-12-26(21,22)3/h9,17-23,25,30H,6-8,10-16H2,1-5H3/b24-9-/t18-,19+,20-,21+,22-,23-,25+,26+,27+,28-/m0/s1. The fraction of sp³-hybridized carbons (Fsp3) is 0.929. The minimum Gasteiger partial charge on any atom is -0.396 e. The lowest BCUT2D eigenvalue weighted by Gasteiger charge is -2.61. The minimum absolute atomic E-state index is 0.332. The van der Waals surface area contributed by atoms with Gasteiger partial charge in [0.25, 0.3) is 0 Å². The number of hydrogen-bond donors (Lipinski definition) is 1. The van der Waals surface area contributed by atoms with Crippen molar-refractivity contribution in [3.05, 3.63) is 10.6 Å². The number of allylic oxidation sites excluding steroid dienone is 2. The lowest BCUT2D eigenvalue weighted by Crippen LogP contribution is -2.57. The van der Waals surface area contributed by atoms with Crippen molar-refractivity contribution < 1.29 is 9.84 Å². The summed E-state index contributed by atoms with van der Waals surface area (Å²) in [6, 6.07) is 0. The molecule has 10 atom stereocenters. The Balaban J connectivity index is 1.39. The summed E-state index contributed by atoms with van der Waals surface area (Å²) in [7, 11) is 1.99. The molecule has 2 nitrogen and oxygen atoms in total. The quantitative estimate of drug-likeness (QED) is 0.424. The first kappa shape index (κ1) is 22.9. The van der Waals surface area contributed by atoms with E-state index in [4.69, 9.17) is 4.74 Å². The summed E-state index contributed by atoms with van der Waals surface area (Å²) >= 11 is 3.76. The summed E-state index contributed by atoms with van der Waals surface area (Å²) in [6.07, 6.45) is 15.0. The molecule has 0 radical (unpaired) electrons. The fourth-order valence-electron chi connectivity index (χ4n) is 10.3. The van der Waals surface area contributed by atoms with Crippen molar-refractivity contribution in [1.29, 1.82) is 0 Å². The number of ether oxygens (including phenoxy) is 1. The summed E-state index contributed by atoms with van der Waals surface area (Å²) in [6.45, 7) is 10.1. The van der Waals surface area contributed by atoms with Gasteiger partial charge in [-0.2, -0.15) is 0 Å². The van der Waals surface area contributed by atoms with Gasteiger partial charge in [0.05, 0.1) is 6.10 Å². The van der Waals surface area contributed by atoms with Gasteiger partial charge in [-0.15, -0.1) is 0 Å². The highest BCUT2D eigenvalue weighted by molar-refractivity contribution is 9.11. The van der Waals surface area contributed by atoms with Crippen LogP contribution in [0.2, 0.25) is 0 Å². The molecule has 3 heteroatoms.